The molecule has 0 heterocycles. The summed E-state index contributed by atoms with van der Waals surface area (Å²) >= 11 is 5.59. The molecule has 0 unspecified atom stereocenters. The zero-order valence-electron chi connectivity index (χ0n) is 16.6. The third-order valence-corrected chi connectivity index (χ3v) is 5.92. The zero-order chi connectivity index (χ0) is 23.5. The minimum atomic E-state index is -4.79. The highest BCUT2D eigenvalue weighted by Gasteiger charge is 2.34. The number of benzene rings is 3. The van der Waals surface area contributed by atoms with Crippen molar-refractivity contribution >= 4 is 50.2 Å². The van der Waals surface area contributed by atoms with Gasteiger partial charge in [-0.25, -0.2) is 13.8 Å². The number of nitrogens with one attached hydrogen (secondary N) is 1. The van der Waals surface area contributed by atoms with Crippen LogP contribution in [0.1, 0.15) is 11.1 Å². The summed E-state index contributed by atoms with van der Waals surface area (Å²) in [4.78, 5) is 12.3. The summed E-state index contributed by atoms with van der Waals surface area (Å²) < 4.78 is 64.3. The van der Waals surface area contributed by atoms with Gasteiger partial charge < -0.3 is 0 Å². The van der Waals surface area contributed by atoms with Crippen LogP contribution >= 0.6 is 11.6 Å². The van der Waals surface area contributed by atoms with Gasteiger partial charge in [-0.2, -0.15) is 18.3 Å². The molecule has 0 radical (unpaired) electrons. The fourth-order valence-electron chi connectivity index (χ4n) is 2.99. The van der Waals surface area contributed by atoms with E-state index in [1.807, 2.05) is 36.4 Å². The summed E-state index contributed by atoms with van der Waals surface area (Å²) in [6, 6.07) is 15.6. The largest absolute Gasteiger partial charge is 0.417 e. The van der Waals surface area contributed by atoms with Gasteiger partial charge in [0, 0.05) is 5.56 Å². The van der Waals surface area contributed by atoms with E-state index in [1.165, 1.54) is 6.21 Å². The number of hydrogen-bond acceptors (Lipinski definition) is 4. The van der Waals surface area contributed by atoms with Gasteiger partial charge in [-0.1, -0.05) is 54.1 Å². The molecule has 1 N–H and O–H groups in total. The lowest BCUT2D eigenvalue weighted by Crippen LogP contribution is -2.39. The van der Waals surface area contributed by atoms with Crippen molar-refractivity contribution in [3.05, 3.63) is 76.8 Å². The molecule has 32 heavy (non-hydrogen) atoms. The van der Waals surface area contributed by atoms with E-state index in [4.69, 9.17) is 11.6 Å². The standard InChI is InChI=1S/C21H17ClF3N3O3S/c1-32(30,31)28(16-9-10-19(22)18(11-16)21(23,24)25)13-20(29)27-26-12-15-7-4-6-14-5-2-3-8-17(14)15/h2-12H,13H2,1H3,(H,27,29)/b26-12-. The second kappa shape index (κ2) is 9.17. The van der Waals surface area contributed by atoms with Crippen LogP contribution < -0.4 is 9.73 Å². The van der Waals surface area contributed by atoms with Crippen molar-refractivity contribution in [2.45, 2.75) is 6.18 Å². The molecule has 0 aliphatic heterocycles. The van der Waals surface area contributed by atoms with E-state index in [9.17, 15) is 26.4 Å². The average molecular weight is 484 g/mol. The Kier molecular flexibility index (Phi) is 6.75. The molecule has 0 atom stereocenters. The molecule has 0 aromatic heterocycles. The van der Waals surface area contributed by atoms with Crippen molar-refractivity contribution in [2.24, 2.45) is 5.10 Å². The van der Waals surface area contributed by atoms with Gasteiger partial charge >= 0.3 is 6.18 Å². The summed E-state index contributed by atoms with van der Waals surface area (Å²) in [7, 11) is -4.08. The second-order valence-corrected chi connectivity index (χ2v) is 9.11. The summed E-state index contributed by atoms with van der Waals surface area (Å²) in [5.74, 6) is -0.838. The van der Waals surface area contributed by atoms with E-state index in [2.05, 4.69) is 10.5 Å². The number of sulfonamides is 1. The number of rotatable bonds is 6. The van der Waals surface area contributed by atoms with E-state index in [0.29, 0.717) is 10.4 Å². The summed E-state index contributed by atoms with van der Waals surface area (Å²) in [5.41, 5.74) is 1.36. The summed E-state index contributed by atoms with van der Waals surface area (Å²) in [5, 5.41) is 5.12. The van der Waals surface area contributed by atoms with Gasteiger partial charge in [-0.3, -0.25) is 9.10 Å². The van der Waals surface area contributed by atoms with Crippen molar-refractivity contribution in [3.8, 4) is 0 Å². The van der Waals surface area contributed by atoms with Gasteiger partial charge in [-0.05, 0) is 29.0 Å². The molecule has 0 spiro atoms. The third-order valence-electron chi connectivity index (χ3n) is 4.45. The number of hydrogen-bond donors (Lipinski definition) is 1. The topological polar surface area (TPSA) is 78.8 Å². The van der Waals surface area contributed by atoms with Crippen LogP contribution in [0.3, 0.4) is 0 Å². The Morgan fingerprint density at radius 1 is 1.12 bits per heavy atom. The predicted octanol–water partition coefficient (Wildman–Crippen LogP) is 4.43. The Morgan fingerprint density at radius 2 is 1.81 bits per heavy atom. The minimum Gasteiger partial charge on any atom is -0.271 e. The smallest absolute Gasteiger partial charge is 0.271 e. The SMILES string of the molecule is CS(=O)(=O)N(CC(=O)N/N=C\c1cccc2ccccc12)c1ccc(Cl)c(C(F)(F)F)c1. The van der Waals surface area contributed by atoms with E-state index < -0.39 is 39.2 Å². The molecule has 3 aromatic carbocycles. The number of anilines is 1. The number of halogens is 4. The molecule has 6 nitrogen and oxygen atoms in total. The van der Waals surface area contributed by atoms with Crippen LogP contribution in [-0.4, -0.2) is 33.3 Å². The Bertz CT molecular complexity index is 1290. The first-order valence-electron chi connectivity index (χ1n) is 9.11. The van der Waals surface area contributed by atoms with E-state index in [-0.39, 0.29) is 5.69 Å². The van der Waals surface area contributed by atoms with E-state index in [0.717, 1.165) is 34.7 Å². The molecule has 1 amide bonds. The van der Waals surface area contributed by atoms with Crippen molar-refractivity contribution in [3.63, 3.8) is 0 Å². The Labute approximate surface area is 187 Å². The average Bonchev–Trinajstić information content (AvgIpc) is 2.71. The molecule has 0 fully saturated rings. The van der Waals surface area contributed by atoms with Crippen molar-refractivity contribution in [1.82, 2.24) is 5.43 Å². The quantitative estimate of drug-likeness (QED) is 0.416. The first kappa shape index (κ1) is 23.6. The molecular weight excluding hydrogens is 467 g/mol. The number of carbonyl (C=O) groups excluding carboxylic acids is 1. The molecular formula is C21H17ClF3N3O3S. The van der Waals surface area contributed by atoms with Gasteiger partial charge in [0.15, 0.2) is 0 Å². The van der Waals surface area contributed by atoms with Crippen molar-refractivity contribution < 1.29 is 26.4 Å². The molecule has 0 saturated carbocycles. The van der Waals surface area contributed by atoms with Gasteiger partial charge in [0.1, 0.15) is 6.54 Å². The Morgan fingerprint density at radius 3 is 2.50 bits per heavy atom. The van der Waals surface area contributed by atoms with Crippen LogP contribution in [0.2, 0.25) is 5.02 Å². The maximum Gasteiger partial charge on any atom is 0.417 e. The molecule has 0 saturated heterocycles. The van der Waals surface area contributed by atoms with E-state index in [1.54, 1.807) is 6.07 Å². The lowest BCUT2D eigenvalue weighted by Gasteiger charge is -2.22. The molecule has 168 valence electrons. The number of hydrazone groups is 1. The third kappa shape index (κ3) is 5.57. The van der Waals surface area contributed by atoms with Gasteiger partial charge in [0.25, 0.3) is 5.91 Å². The normalized spacial score (nSPS) is 12.3. The van der Waals surface area contributed by atoms with Crippen molar-refractivity contribution in [2.75, 3.05) is 17.1 Å². The van der Waals surface area contributed by atoms with Crippen LogP contribution in [0.4, 0.5) is 18.9 Å². The highest BCUT2D eigenvalue weighted by atomic mass is 35.5. The van der Waals surface area contributed by atoms with E-state index >= 15 is 0 Å². The maximum atomic E-state index is 13.1. The van der Waals surface area contributed by atoms with Gasteiger partial charge in [-0.15, -0.1) is 0 Å². The number of nitrogens with zero attached hydrogens (tertiary/aromatic N) is 2. The van der Waals surface area contributed by atoms with Crippen LogP contribution in [0.15, 0.2) is 65.8 Å². The van der Waals surface area contributed by atoms with Gasteiger partial charge in [0.2, 0.25) is 10.0 Å². The van der Waals surface area contributed by atoms with Crippen LogP contribution in [0, 0.1) is 0 Å². The monoisotopic (exact) mass is 483 g/mol. The maximum absolute atomic E-state index is 13.1. The molecule has 0 aliphatic carbocycles. The molecule has 0 aliphatic rings. The molecule has 3 rings (SSSR count). The first-order valence-corrected chi connectivity index (χ1v) is 11.3. The highest BCUT2D eigenvalue weighted by Crippen LogP contribution is 2.37. The number of amides is 1. The summed E-state index contributed by atoms with van der Waals surface area (Å²) in [6.45, 7) is -0.773. The minimum absolute atomic E-state index is 0.350. The molecule has 3 aromatic rings. The Balaban J connectivity index is 1.80. The van der Waals surface area contributed by atoms with Gasteiger partial charge in [0.05, 0.1) is 28.7 Å². The number of alkyl halides is 3. The first-order chi connectivity index (χ1) is 15.0. The zero-order valence-corrected chi connectivity index (χ0v) is 18.2. The number of fused-ring (bicyclic) bond motifs is 1. The second-order valence-electron chi connectivity index (χ2n) is 6.79. The lowest BCUT2D eigenvalue weighted by atomic mass is 10.1. The Hall–Kier alpha value is -3.11. The van der Waals surface area contributed by atoms with Crippen LogP contribution in [0.25, 0.3) is 10.8 Å². The molecule has 0 bridgehead atoms. The fourth-order valence-corrected chi connectivity index (χ4v) is 4.06. The predicted molar refractivity (Wildman–Crippen MR) is 118 cm³/mol. The lowest BCUT2D eigenvalue weighted by molar-refractivity contribution is -0.137. The van der Waals surface area contributed by atoms with Crippen LogP contribution in [0.5, 0.6) is 0 Å². The summed E-state index contributed by atoms with van der Waals surface area (Å²) in [6.07, 6.45) is -2.61. The highest BCUT2D eigenvalue weighted by molar-refractivity contribution is 7.92. The molecule has 11 heteroatoms. The number of carbonyl (C=O) groups is 1. The van der Waals surface area contributed by atoms with Crippen molar-refractivity contribution in [1.29, 1.82) is 0 Å². The fraction of sp³-hybridized carbons (Fsp3) is 0.143. The van der Waals surface area contributed by atoms with Crippen LogP contribution in [-0.2, 0) is 21.0 Å².